The van der Waals surface area contributed by atoms with Gasteiger partial charge in [0.1, 0.15) is 5.75 Å². The van der Waals surface area contributed by atoms with Crippen LogP contribution in [0.25, 0.3) is 10.9 Å². The van der Waals surface area contributed by atoms with Gasteiger partial charge in [0.05, 0.1) is 12.2 Å². The minimum absolute atomic E-state index is 0.310. The first kappa shape index (κ1) is 21.2. The van der Waals surface area contributed by atoms with Crippen molar-refractivity contribution in [3.8, 4) is 5.75 Å². The summed E-state index contributed by atoms with van der Waals surface area (Å²) in [6.45, 7) is 7.31. The first-order valence-corrected chi connectivity index (χ1v) is 9.74. The van der Waals surface area contributed by atoms with Gasteiger partial charge in [-0.3, -0.25) is 9.59 Å². The van der Waals surface area contributed by atoms with E-state index in [-0.39, 0.29) is 0 Å². The molecular formula is C23H28N2O3. The van der Waals surface area contributed by atoms with Gasteiger partial charge in [0.25, 0.3) is 11.7 Å². The van der Waals surface area contributed by atoms with Crippen molar-refractivity contribution in [1.82, 2.24) is 4.57 Å². The molecule has 3 aromatic rings. The largest absolute Gasteiger partial charge is 0.494 e. The van der Waals surface area contributed by atoms with E-state index in [2.05, 4.69) is 6.92 Å². The number of Topliss-reactive ketones (excluding diaryl/α,β-unsaturated/α-hetero) is 1. The highest BCUT2D eigenvalue weighted by molar-refractivity contribution is 6.44. The number of ketones is 1. The molecule has 0 saturated heterocycles. The SMILES string of the molecule is CC.CCCCOc1ccc2c(c1)c(C(=O)C(N)=O)cn2Cc1ccccc1. The van der Waals surface area contributed by atoms with Gasteiger partial charge in [0.15, 0.2) is 0 Å². The van der Waals surface area contributed by atoms with E-state index < -0.39 is 11.7 Å². The van der Waals surface area contributed by atoms with Crippen LogP contribution in [-0.4, -0.2) is 22.9 Å². The van der Waals surface area contributed by atoms with E-state index in [4.69, 9.17) is 10.5 Å². The van der Waals surface area contributed by atoms with Crippen LogP contribution >= 0.6 is 0 Å². The number of unbranched alkanes of at least 4 members (excludes halogenated alkanes) is 1. The summed E-state index contributed by atoms with van der Waals surface area (Å²) in [5.74, 6) is -0.962. The Hall–Kier alpha value is -3.08. The van der Waals surface area contributed by atoms with Crippen LogP contribution < -0.4 is 10.5 Å². The predicted molar refractivity (Wildman–Crippen MR) is 113 cm³/mol. The molecule has 0 unspecified atom stereocenters. The molecule has 0 bridgehead atoms. The number of nitrogens with two attached hydrogens (primary N) is 1. The second kappa shape index (κ2) is 10.3. The van der Waals surface area contributed by atoms with Crippen LogP contribution in [0.15, 0.2) is 54.7 Å². The summed E-state index contributed by atoms with van der Waals surface area (Å²) in [5, 5.41) is 0.679. The predicted octanol–water partition coefficient (Wildman–Crippen LogP) is 4.56. The molecule has 0 atom stereocenters. The molecular weight excluding hydrogens is 352 g/mol. The lowest BCUT2D eigenvalue weighted by molar-refractivity contribution is -0.114. The number of hydrogen-bond acceptors (Lipinski definition) is 3. The second-order valence-electron chi connectivity index (χ2n) is 6.23. The highest BCUT2D eigenvalue weighted by atomic mass is 16.5. The smallest absolute Gasteiger partial charge is 0.289 e. The van der Waals surface area contributed by atoms with Crippen LogP contribution in [0.2, 0.25) is 0 Å². The molecule has 0 aliphatic rings. The fourth-order valence-corrected chi connectivity index (χ4v) is 2.92. The van der Waals surface area contributed by atoms with E-state index >= 15 is 0 Å². The molecule has 0 radical (unpaired) electrons. The molecule has 0 spiro atoms. The van der Waals surface area contributed by atoms with E-state index in [1.807, 2.05) is 66.9 Å². The van der Waals surface area contributed by atoms with Gasteiger partial charge in [-0.05, 0) is 30.2 Å². The maximum absolute atomic E-state index is 12.3. The number of benzene rings is 2. The number of nitrogens with zero attached hydrogens (tertiary/aromatic N) is 1. The van der Waals surface area contributed by atoms with E-state index in [0.717, 1.165) is 23.9 Å². The van der Waals surface area contributed by atoms with Crippen molar-refractivity contribution >= 4 is 22.6 Å². The average molecular weight is 380 g/mol. The van der Waals surface area contributed by atoms with Gasteiger partial charge >= 0.3 is 0 Å². The monoisotopic (exact) mass is 380 g/mol. The number of amides is 1. The van der Waals surface area contributed by atoms with Crippen LogP contribution in [0.3, 0.4) is 0 Å². The summed E-state index contributed by atoms with van der Waals surface area (Å²) in [6, 6.07) is 15.5. The third kappa shape index (κ3) is 5.00. The van der Waals surface area contributed by atoms with Crippen molar-refractivity contribution in [2.45, 2.75) is 40.2 Å². The third-order valence-electron chi connectivity index (χ3n) is 4.28. The summed E-state index contributed by atoms with van der Waals surface area (Å²) in [5.41, 5.74) is 7.50. The van der Waals surface area contributed by atoms with Crippen LogP contribution in [0.4, 0.5) is 0 Å². The fourth-order valence-electron chi connectivity index (χ4n) is 2.92. The van der Waals surface area contributed by atoms with Gasteiger partial charge in [0, 0.05) is 23.6 Å². The molecule has 28 heavy (non-hydrogen) atoms. The number of aromatic nitrogens is 1. The molecule has 0 saturated carbocycles. The molecule has 2 N–H and O–H groups in total. The highest BCUT2D eigenvalue weighted by Gasteiger charge is 2.20. The molecule has 1 aromatic heterocycles. The van der Waals surface area contributed by atoms with E-state index in [9.17, 15) is 9.59 Å². The van der Waals surface area contributed by atoms with Crippen molar-refractivity contribution in [2.24, 2.45) is 5.73 Å². The lowest BCUT2D eigenvalue weighted by Gasteiger charge is -2.08. The molecule has 0 fully saturated rings. The normalized spacial score (nSPS) is 10.2. The summed E-state index contributed by atoms with van der Waals surface area (Å²) < 4.78 is 7.70. The van der Waals surface area contributed by atoms with Crippen LogP contribution in [-0.2, 0) is 11.3 Å². The number of carbonyl (C=O) groups is 2. The van der Waals surface area contributed by atoms with Crippen molar-refractivity contribution in [2.75, 3.05) is 6.61 Å². The quantitative estimate of drug-likeness (QED) is 0.353. The molecule has 0 aliphatic heterocycles. The minimum Gasteiger partial charge on any atom is -0.494 e. The number of ether oxygens (including phenoxy) is 1. The molecule has 148 valence electrons. The maximum atomic E-state index is 12.3. The number of primary amides is 1. The minimum atomic E-state index is -0.957. The number of fused-ring (bicyclic) bond motifs is 1. The zero-order valence-corrected chi connectivity index (χ0v) is 16.8. The lowest BCUT2D eigenvalue weighted by Crippen LogP contribution is -2.22. The third-order valence-corrected chi connectivity index (χ3v) is 4.28. The Morgan fingerprint density at radius 3 is 2.43 bits per heavy atom. The summed E-state index contributed by atoms with van der Waals surface area (Å²) in [6.07, 6.45) is 3.70. The Morgan fingerprint density at radius 1 is 1.07 bits per heavy atom. The number of carbonyl (C=O) groups excluding carboxylic acids is 2. The fraction of sp³-hybridized carbons (Fsp3) is 0.304. The van der Waals surface area contributed by atoms with Crippen LogP contribution in [0.1, 0.15) is 49.5 Å². The van der Waals surface area contributed by atoms with Crippen LogP contribution in [0.5, 0.6) is 5.75 Å². The molecule has 5 nitrogen and oxygen atoms in total. The summed E-state index contributed by atoms with van der Waals surface area (Å²) in [4.78, 5) is 23.7. The average Bonchev–Trinajstić information content (AvgIpc) is 3.07. The highest BCUT2D eigenvalue weighted by Crippen LogP contribution is 2.27. The molecule has 0 aliphatic carbocycles. The molecule has 5 heteroatoms. The van der Waals surface area contributed by atoms with Crippen LogP contribution in [0, 0.1) is 0 Å². The summed E-state index contributed by atoms with van der Waals surface area (Å²) >= 11 is 0. The Kier molecular flexibility index (Phi) is 7.81. The van der Waals surface area contributed by atoms with Crippen molar-refractivity contribution in [1.29, 1.82) is 0 Å². The Morgan fingerprint density at radius 2 is 1.79 bits per heavy atom. The van der Waals surface area contributed by atoms with Crippen molar-refractivity contribution in [3.05, 3.63) is 65.9 Å². The van der Waals surface area contributed by atoms with Gasteiger partial charge in [-0.15, -0.1) is 0 Å². The molecule has 1 heterocycles. The van der Waals surface area contributed by atoms with Gasteiger partial charge in [-0.1, -0.05) is 57.5 Å². The maximum Gasteiger partial charge on any atom is 0.289 e. The van der Waals surface area contributed by atoms with Gasteiger partial charge in [-0.2, -0.15) is 0 Å². The molecule has 3 rings (SSSR count). The van der Waals surface area contributed by atoms with E-state index in [1.165, 1.54) is 0 Å². The molecule has 1 amide bonds. The van der Waals surface area contributed by atoms with Crippen molar-refractivity contribution < 1.29 is 14.3 Å². The standard InChI is InChI=1S/C21H22N2O3.C2H6/c1-2-3-11-26-16-9-10-19-17(12-16)18(20(24)21(22)25)14-23(19)13-15-7-5-4-6-8-15;1-2/h4-10,12,14H,2-3,11,13H2,1H3,(H2,22,25);1-2H3. The number of rotatable bonds is 8. The number of hydrogen-bond donors (Lipinski definition) is 1. The first-order chi connectivity index (χ1) is 13.6. The second-order valence-corrected chi connectivity index (χ2v) is 6.23. The van der Waals surface area contributed by atoms with E-state index in [1.54, 1.807) is 6.20 Å². The van der Waals surface area contributed by atoms with Gasteiger partial charge < -0.3 is 15.0 Å². The Balaban J connectivity index is 0.00000136. The van der Waals surface area contributed by atoms with Crippen molar-refractivity contribution in [3.63, 3.8) is 0 Å². The van der Waals surface area contributed by atoms with Gasteiger partial charge in [-0.25, -0.2) is 0 Å². The topological polar surface area (TPSA) is 74.3 Å². The van der Waals surface area contributed by atoms with E-state index in [0.29, 0.717) is 29.9 Å². The lowest BCUT2D eigenvalue weighted by atomic mass is 10.1. The zero-order valence-electron chi connectivity index (χ0n) is 16.8. The summed E-state index contributed by atoms with van der Waals surface area (Å²) in [7, 11) is 0. The molecule has 2 aromatic carbocycles. The van der Waals surface area contributed by atoms with Gasteiger partial charge in [0.2, 0.25) is 0 Å². The zero-order chi connectivity index (χ0) is 20.5. The Labute approximate surface area is 166 Å². The Bertz CT molecular complexity index is 930. The first-order valence-electron chi connectivity index (χ1n) is 9.74.